The van der Waals surface area contributed by atoms with E-state index in [0.29, 0.717) is 24.5 Å². The van der Waals surface area contributed by atoms with Crippen LogP contribution in [-0.2, 0) is 10.5 Å². The van der Waals surface area contributed by atoms with Crippen LogP contribution in [0.5, 0.6) is 11.5 Å². The summed E-state index contributed by atoms with van der Waals surface area (Å²) in [6.45, 7) is 7.07. The van der Waals surface area contributed by atoms with Gasteiger partial charge >= 0.3 is 6.03 Å². The van der Waals surface area contributed by atoms with Crippen LogP contribution in [0.4, 0.5) is 16.2 Å². The van der Waals surface area contributed by atoms with E-state index in [-0.39, 0.29) is 17.0 Å². The van der Waals surface area contributed by atoms with E-state index in [1.54, 1.807) is 42.5 Å². The summed E-state index contributed by atoms with van der Waals surface area (Å²) in [5, 5.41) is 17.4. The molecule has 3 amide bonds. The molecule has 0 saturated heterocycles. The molecule has 1 atom stereocenters. The smallest absolute Gasteiger partial charge is 0.329 e. The molecule has 0 saturated carbocycles. The van der Waals surface area contributed by atoms with Gasteiger partial charge in [0.1, 0.15) is 11.5 Å². The van der Waals surface area contributed by atoms with Crippen LogP contribution in [-0.4, -0.2) is 57.4 Å². The number of fused-ring (bicyclic) bond motifs is 1. The molecule has 4 N–H and O–H groups in total. The van der Waals surface area contributed by atoms with Crippen LogP contribution in [0.1, 0.15) is 19.4 Å². The van der Waals surface area contributed by atoms with Gasteiger partial charge in [-0.3, -0.25) is 4.79 Å². The minimum absolute atomic E-state index is 0.229. The van der Waals surface area contributed by atoms with Gasteiger partial charge in [0.2, 0.25) is 0 Å². The third kappa shape index (κ3) is 4.21. The molecule has 0 fully saturated rings. The Labute approximate surface area is 187 Å². The number of carbonyl (C=O) groups is 2. The first kappa shape index (κ1) is 23.4. The fourth-order valence-electron chi connectivity index (χ4n) is 3.89. The maximum absolute atomic E-state index is 13.4. The van der Waals surface area contributed by atoms with Crippen LogP contribution in [0.2, 0.25) is 0 Å². The van der Waals surface area contributed by atoms with E-state index in [1.165, 1.54) is 19.1 Å². The molecule has 2 aromatic rings. The fourth-order valence-corrected chi connectivity index (χ4v) is 3.89. The number of hydrogen-bond acceptors (Lipinski definition) is 5. The van der Waals surface area contributed by atoms with Gasteiger partial charge in [-0.15, -0.1) is 0 Å². The number of para-hydroxylation sites is 1. The second kappa shape index (κ2) is 9.88. The predicted molar refractivity (Wildman–Crippen MR) is 121 cm³/mol. The summed E-state index contributed by atoms with van der Waals surface area (Å²) in [7, 11) is 2.96. The molecule has 1 heterocycles. The molecule has 9 nitrogen and oxygen atoms in total. The molecule has 0 bridgehead atoms. The Morgan fingerprint density at radius 3 is 2.53 bits per heavy atom. The van der Waals surface area contributed by atoms with Gasteiger partial charge in [0.25, 0.3) is 11.6 Å². The lowest BCUT2D eigenvalue weighted by atomic mass is 9.94. The molecule has 172 valence electrons. The second-order valence-electron chi connectivity index (χ2n) is 7.48. The summed E-state index contributed by atoms with van der Waals surface area (Å²) in [5.41, 5.74) is -1.41. The fraction of sp³-hybridized carbons (Fsp3) is 0.391. The summed E-state index contributed by atoms with van der Waals surface area (Å²) < 4.78 is 10.7. The predicted octanol–water partition coefficient (Wildman–Crippen LogP) is 0.942. The Kier molecular flexibility index (Phi) is 7.22. The van der Waals surface area contributed by atoms with Crippen molar-refractivity contribution in [1.82, 2.24) is 5.32 Å². The number of methoxy groups -OCH3 is 2. The third-order valence-electron chi connectivity index (χ3n) is 5.78. The molecule has 9 heteroatoms. The number of rotatable bonds is 9. The number of quaternary nitrogens is 1. The Bertz CT molecular complexity index is 979. The maximum atomic E-state index is 13.4. The quantitative estimate of drug-likeness (QED) is 0.462. The molecular weight excluding hydrogens is 412 g/mol. The molecule has 0 aromatic heterocycles. The monoisotopic (exact) mass is 443 g/mol. The molecular formula is C23H31N4O5+. The highest BCUT2D eigenvalue weighted by atomic mass is 16.5. The molecule has 0 aliphatic carbocycles. The van der Waals surface area contributed by atoms with Crippen LogP contribution < -0.4 is 29.9 Å². The van der Waals surface area contributed by atoms with E-state index in [1.807, 2.05) is 0 Å². The van der Waals surface area contributed by atoms with Crippen LogP contribution in [0.3, 0.4) is 0 Å². The largest absolute Gasteiger partial charge is 0.497 e. The van der Waals surface area contributed by atoms with E-state index in [4.69, 9.17) is 9.47 Å². The van der Waals surface area contributed by atoms with Crippen LogP contribution in [0.15, 0.2) is 42.5 Å². The first-order chi connectivity index (χ1) is 15.4. The van der Waals surface area contributed by atoms with Gasteiger partial charge in [-0.1, -0.05) is 18.2 Å². The number of likely N-dealkylation sites (N-methyl/N-ethyl adjacent to an activating group) is 1. The standard InChI is InChI=1S/C23H30N4O5/c1-5-26(6-2)14-13-24-21(28)23(30)17-9-7-8-10-18(17)25-22(29)27(23)19-12-11-16(31-3)15-20(19)32-4/h7-12,15,30H,5-6,13-14H2,1-4H3,(H,24,28)(H,25,29)/p+1. The van der Waals surface area contributed by atoms with Crippen molar-refractivity contribution in [3.05, 3.63) is 48.0 Å². The van der Waals surface area contributed by atoms with E-state index in [9.17, 15) is 14.7 Å². The normalized spacial score (nSPS) is 17.6. The Hall–Kier alpha value is -3.30. The molecule has 0 radical (unpaired) electrons. The Morgan fingerprint density at radius 2 is 1.88 bits per heavy atom. The third-order valence-corrected chi connectivity index (χ3v) is 5.78. The van der Waals surface area contributed by atoms with Gasteiger partial charge in [0, 0.05) is 11.6 Å². The highest BCUT2D eigenvalue weighted by molar-refractivity contribution is 6.12. The van der Waals surface area contributed by atoms with Crippen molar-refractivity contribution in [2.24, 2.45) is 0 Å². The first-order valence-electron chi connectivity index (χ1n) is 10.7. The summed E-state index contributed by atoms with van der Waals surface area (Å²) in [6, 6.07) is 10.8. The second-order valence-corrected chi connectivity index (χ2v) is 7.48. The summed E-state index contributed by atoms with van der Waals surface area (Å²) in [5.74, 6) is 0.0977. The molecule has 1 unspecified atom stereocenters. The van der Waals surface area contributed by atoms with Crippen molar-refractivity contribution in [3.8, 4) is 11.5 Å². The maximum Gasteiger partial charge on any atom is 0.329 e. The van der Waals surface area contributed by atoms with E-state index in [0.717, 1.165) is 18.0 Å². The molecule has 2 aromatic carbocycles. The van der Waals surface area contributed by atoms with Crippen molar-refractivity contribution in [1.29, 1.82) is 0 Å². The molecule has 0 spiro atoms. The van der Waals surface area contributed by atoms with Gasteiger partial charge in [-0.25, -0.2) is 9.69 Å². The van der Waals surface area contributed by atoms with Gasteiger partial charge in [-0.05, 0) is 32.0 Å². The number of amides is 3. The van der Waals surface area contributed by atoms with Gasteiger partial charge in [0.15, 0.2) is 0 Å². The average Bonchev–Trinajstić information content (AvgIpc) is 2.81. The Balaban J connectivity index is 2.05. The Morgan fingerprint density at radius 1 is 1.16 bits per heavy atom. The van der Waals surface area contributed by atoms with Gasteiger partial charge < -0.3 is 30.1 Å². The van der Waals surface area contributed by atoms with Crippen molar-refractivity contribution in [3.63, 3.8) is 0 Å². The minimum atomic E-state index is -2.28. The zero-order valence-corrected chi connectivity index (χ0v) is 18.9. The van der Waals surface area contributed by atoms with Crippen molar-refractivity contribution >= 4 is 23.3 Å². The number of ether oxygens (including phenoxy) is 2. The number of hydrogen-bond donors (Lipinski definition) is 4. The summed E-state index contributed by atoms with van der Waals surface area (Å²) in [4.78, 5) is 28.9. The number of urea groups is 1. The number of aliphatic hydroxyl groups is 1. The molecule has 1 aliphatic rings. The molecule has 1 aliphatic heterocycles. The lowest BCUT2D eigenvalue weighted by Gasteiger charge is -2.43. The summed E-state index contributed by atoms with van der Waals surface area (Å²) in [6.07, 6.45) is 0. The zero-order chi connectivity index (χ0) is 23.3. The SMILES string of the molecule is CC[NH+](CC)CCNC(=O)C1(O)c2ccccc2NC(=O)N1c1ccc(OC)cc1OC. The van der Waals surface area contributed by atoms with Crippen LogP contribution in [0, 0.1) is 0 Å². The molecule has 3 rings (SSSR count). The van der Waals surface area contributed by atoms with Gasteiger partial charge in [0.05, 0.1) is 51.8 Å². The molecule has 32 heavy (non-hydrogen) atoms. The number of nitrogens with zero attached hydrogens (tertiary/aromatic N) is 1. The number of benzene rings is 2. The first-order valence-corrected chi connectivity index (χ1v) is 10.7. The number of nitrogens with one attached hydrogen (secondary N) is 3. The lowest BCUT2D eigenvalue weighted by Crippen LogP contribution is -3.12. The van der Waals surface area contributed by atoms with Crippen molar-refractivity contribution in [2.45, 2.75) is 19.6 Å². The van der Waals surface area contributed by atoms with Crippen molar-refractivity contribution < 1.29 is 29.1 Å². The van der Waals surface area contributed by atoms with E-state index in [2.05, 4.69) is 24.5 Å². The summed E-state index contributed by atoms with van der Waals surface area (Å²) >= 11 is 0. The van der Waals surface area contributed by atoms with E-state index >= 15 is 0 Å². The highest BCUT2D eigenvalue weighted by Crippen LogP contribution is 2.43. The lowest BCUT2D eigenvalue weighted by molar-refractivity contribution is -0.895. The van der Waals surface area contributed by atoms with E-state index < -0.39 is 17.7 Å². The minimum Gasteiger partial charge on any atom is -0.497 e. The number of anilines is 2. The number of carbonyl (C=O) groups excluding carboxylic acids is 2. The topological polar surface area (TPSA) is 105 Å². The van der Waals surface area contributed by atoms with Crippen LogP contribution in [0.25, 0.3) is 0 Å². The highest BCUT2D eigenvalue weighted by Gasteiger charge is 2.52. The van der Waals surface area contributed by atoms with Crippen LogP contribution >= 0.6 is 0 Å². The average molecular weight is 444 g/mol. The van der Waals surface area contributed by atoms with Gasteiger partial charge in [-0.2, -0.15) is 0 Å². The van der Waals surface area contributed by atoms with Crippen molar-refractivity contribution in [2.75, 3.05) is 50.6 Å². The zero-order valence-electron chi connectivity index (χ0n) is 18.9.